The second-order valence-corrected chi connectivity index (χ2v) is 8.19. The van der Waals surface area contributed by atoms with Crippen molar-refractivity contribution in [3.8, 4) is 5.69 Å². The van der Waals surface area contributed by atoms with Gasteiger partial charge in [0.2, 0.25) is 5.91 Å². The Labute approximate surface area is 182 Å². The van der Waals surface area contributed by atoms with E-state index < -0.39 is 6.09 Å². The average molecular weight is 430 g/mol. The number of amides is 2. The molecule has 0 saturated carbocycles. The molecule has 3 rings (SSSR count). The van der Waals surface area contributed by atoms with E-state index in [0.717, 1.165) is 22.6 Å². The van der Waals surface area contributed by atoms with Gasteiger partial charge in [0.1, 0.15) is 0 Å². The first-order valence-electron chi connectivity index (χ1n) is 10.5. The summed E-state index contributed by atoms with van der Waals surface area (Å²) in [6.07, 6.45) is 3.16. The number of hydrogen-bond donors (Lipinski definition) is 3. The Balaban J connectivity index is 2.03. The van der Waals surface area contributed by atoms with E-state index in [9.17, 15) is 14.7 Å². The van der Waals surface area contributed by atoms with Gasteiger partial charge in [0, 0.05) is 55.2 Å². The number of fused-ring (bicyclic) bond motifs is 1. The van der Waals surface area contributed by atoms with Crippen molar-refractivity contribution in [3.05, 3.63) is 42.0 Å². The van der Waals surface area contributed by atoms with E-state index in [1.165, 1.54) is 11.8 Å². The van der Waals surface area contributed by atoms with Gasteiger partial charge in [0.25, 0.3) is 0 Å². The van der Waals surface area contributed by atoms with E-state index >= 15 is 0 Å². The van der Waals surface area contributed by atoms with E-state index in [2.05, 4.69) is 10.3 Å². The van der Waals surface area contributed by atoms with Gasteiger partial charge in [0.05, 0.1) is 24.7 Å². The molecule has 2 atom stereocenters. The van der Waals surface area contributed by atoms with E-state index in [1.807, 2.05) is 49.7 Å². The SMILES string of the molecule is CC(=O)N1c2ccc(-n3cnc(CNCCO)c3)cc2C(N(C(=O)O)C(C)C)CC1C. The highest BCUT2D eigenvalue weighted by molar-refractivity contribution is 5.94. The molecule has 1 aromatic heterocycles. The van der Waals surface area contributed by atoms with Crippen LogP contribution in [0.3, 0.4) is 0 Å². The smallest absolute Gasteiger partial charge is 0.408 e. The number of carboxylic acid groups (broad SMARTS) is 1. The molecule has 2 unspecified atom stereocenters. The summed E-state index contributed by atoms with van der Waals surface area (Å²) in [4.78, 5) is 32.0. The first-order chi connectivity index (χ1) is 14.7. The molecule has 0 aliphatic carbocycles. The number of rotatable bonds is 7. The van der Waals surface area contributed by atoms with E-state index in [4.69, 9.17) is 5.11 Å². The third-order valence-electron chi connectivity index (χ3n) is 5.62. The van der Waals surface area contributed by atoms with Crippen LogP contribution in [0.15, 0.2) is 30.7 Å². The summed E-state index contributed by atoms with van der Waals surface area (Å²) < 4.78 is 1.88. The lowest BCUT2D eigenvalue weighted by atomic mass is 9.89. The van der Waals surface area contributed by atoms with Gasteiger partial charge in [0.15, 0.2) is 0 Å². The van der Waals surface area contributed by atoms with E-state index in [1.54, 1.807) is 11.2 Å². The third kappa shape index (κ3) is 4.72. The lowest BCUT2D eigenvalue weighted by Crippen LogP contribution is -2.48. The summed E-state index contributed by atoms with van der Waals surface area (Å²) in [5.41, 5.74) is 3.24. The van der Waals surface area contributed by atoms with Gasteiger partial charge >= 0.3 is 6.09 Å². The Morgan fingerprint density at radius 2 is 2.10 bits per heavy atom. The molecule has 2 heterocycles. The first kappa shape index (κ1) is 22.8. The third-order valence-corrected chi connectivity index (χ3v) is 5.62. The molecule has 0 saturated heterocycles. The second kappa shape index (κ2) is 9.49. The fourth-order valence-electron chi connectivity index (χ4n) is 4.33. The van der Waals surface area contributed by atoms with Crippen LogP contribution in [0.2, 0.25) is 0 Å². The van der Waals surface area contributed by atoms with E-state index in [-0.39, 0.29) is 30.6 Å². The topological polar surface area (TPSA) is 111 Å². The molecule has 1 aromatic carbocycles. The highest BCUT2D eigenvalue weighted by atomic mass is 16.4. The Morgan fingerprint density at radius 1 is 1.35 bits per heavy atom. The Morgan fingerprint density at radius 3 is 2.71 bits per heavy atom. The van der Waals surface area contributed by atoms with Crippen molar-refractivity contribution in [2.75, 3.05) is 18.1 Å². The van der Waals surface area contributed by atoms with Crippen molar-refractivity contribution in [3.63, 3.8) is 0 Å². The van der Waals surface area contributed by atoms with Crippen LogP contribution in [0.25, 0.3) is 5.69 Å². The van der Waals surface area contributed by atoms with Crippen molar-refractivity contribution in [2.24, 2.45) is 0 Å². The summed E-state index contributed by atoms with van der Waals surface area (Å²) in [5.74, 6) is -0.0637. The molecule has 1 aliphatic rings. The fourth-order valence-corrected chi connectivity index (χ4v) is 4.33. The molecule has 0 fully saturated rings. The molecule has 0 bridgehead atoms. The van der Waals surface area contributed by atoms with Gasteiger partial charge in [-0.25, -0.2) is 9.78 Å². The number of aliphatic hydroxyl groups excluding tert-OH is 1. The molecule has 9 nitrogen and oxygen atoms in total. The molecule has 1 aliphatic heterocycles. The van der Waals surface area contributed by atoms with Crippen LogP contribution >= 0.6 is 0 Å². The molecule has 0 radical (unpaired) electrons. The van der Waals surface area contributed by atoms with Crippen LogP contribution in [0.5, 0.6) is 0 Å². The van der Waals surface area contributed by atoms with Gasteiger partial charge in [-0.05, 0) is 45.4 Å². The lowest BCUT2D eigenvalue weighted by Gasteiger charge is -2.43. The van der Waals surface area contributed by atoms with Gasteiger partial charge in [-0.3, -0.25) is 9.69 Å². The zero-order chi connectivity index (χ0) is 22.7. The second-order valence-electron chi connectivity index (χ2n) is 8.19. The Bertz CT molecular complexity index is 942. The number of aromatic nitrogens is 2. The van der Waals surface area contributed by atoms with Crippen molar-refractivity contribution >= 4 is 17.7 Å². The van der Waals surface area contributed by atoms with Gasteiger partial charge in [-0.2, -0.15) is 0 Å². The minimum atomic E-state index is -0.972. The standard InChI is InChI=1S/C22H31N5O4/c1-14(2)26(22(30)31)21-9-15(3)27(16(4)29)20-6-5-18(10-19(20)21)25-12-17(24-13-25)11-23-7-8-28/h5-6,10,12-15,21,23,28H,7-9,11H2,1-4H3,(H,30,31). The average Bonchev–Trinajstić information content (AvgIpc) is 3.16. The summed E-state index contributed by atoms with van der Waals surface area (Å²) in [6.45, 7) is 8.31. The normalized spacial score (nSPS) is 18.2. The highest BCUT2D eigenvalue weighted by Gasteiger charge is 2.38. The monoisotopic (exact) mass is 429 g/mol. The van der Waals surface area contributed by atoms with Crippen molar-refractivity contribution < 1.29 is 19.8 Å². The highest BCUT2D eigenvalue weighted by Crippen LogP contribution is 2.42. The number of nitrogens with zero attached hydrogens (tertiary/aromatic N) is 4. The molecular formula is C22H31N5O4. The molecule has 2 aromatic rings. The number of aliphatic hydroxyl groups is 1. The minimum Gasteiger partial charge on any atom is -0.465 e. The van der Waals surface area contributed by atoms with Gasteiger partial charge in [-0.1, -0.05) is 0 Å². The maximum absolute atomic E-state index is 12.4. The molecule has 3 N–H and O–H groups in total. The van der Waals surface area contributed by atoms with Crippen LogP contribution < -0.4 is 10.2 Å². The summed E-state index contributed by atoms with van der Waals surface area (Å²) >= 11 is 0. The summed E-state index contributed by atoms with van der Waals surface area (Å²) in [6, 6.07) is 5.08. The molecule has 0 spiro atoms. The minimum absolute atomic E-state index is 0.0634. The maximum atomic E-state index is 12.4. The molecule has 2 amide bonds. The largest absolute Gasteiger partial charge is 0.465 e. The van der Waals surface area contributed by atoms with Crippen molar-refractivity contribution in [2.45, 2.75) is 58.8 Å². The van der Waals surface area contributed by atoms with Crippen LogP contribution in [0, 0.1) is 0 Å². The quantitative estimate of drug-likeness (QED) is 0.584. The maximum Gasteiger partial charge on any atom is 0.408 e. The summed E-state index contributed by atoms with van der Waals surface area (Å²) in [7, 11) is 0. The molecule has 168 valence electrons. The zero-order valence-corrected chi connectivity index (χ0v) is 18.4. The first-order valence-corrected chi connectivity index (χ1v) is 10.5. The number of carbonyl (C=O) groups excluding carboxylic acids is 1. The van der Waals surface area contributed by atoms with Crippen LogP contribution in [0.4, 0.5) is 10.5 Å². The molecule has 31 heavy (non-hydrogen) atoms. The number of anilines is 1. The zero-order valence-electron chi connectivity index (χ0n) is 18.4. The Kier molecular flexibility index (Phi) is 6.97. The van der Waals surface area contributed by atoms with Gasteiger partial charge in [-0.15, -0.1) is 0 Å². The van der Waals surface area contributed by atoms with E-state index in [0.29, 0.717) is 19.5 Å². The number of nitrogens with one attached hydrogen (secondary N) is 1. The van der Waals surface area contributed by atoms with Crippen LogP contribution in [0.1, 0.15) is 51.4 Å². The number of imidazole rings is 1. The summed E-state index contributed by atoms with van der Waals surface area (Å²) in [5, 5.41) is 21.9. The number of benzene rings is 1. The van der Waals surface area contributed by atoms with Crippen molar-refractivity contribution in [1.29, 1.82) is 0 Å². The van der Waals surface area contributed by atoms with Crippen molar-refractivity contribution in [1.82, 2.24) is 19.8 Å². The Hall–Kier alpha value is -2.91. The van der Waals surface area contributed by atoms with Gasteiger partial charge < -0.3 is 25.0 Å². The molecule has 9 heteroatoms. The number of hydrogen-bond acceptors (Lipinski definition) is 5. The van der Waals surface area contributed by atoms with Crippen LogP contribution in [-0.2, 0) is 11.3 Å². The number of carbonyl (C=O) groups is 2. The van der Waals surface area contributed by atoms with Crippen LogP contribution in [-0.4, -0.2) is 61.9 Å². The lowest BCUT2D eigenvalue weighted by molar-refractivity contribution is -0.117. The predicted octanol–water partition coefficient (Wildman–Crippen LogP) is 2.53. The molecular weight excluding hydrogens is 398 g/mol. The fraction of sp³-hybridized carbons (Fsp3) is 0.500. The predicted molar refractivity (Wildman–Crippen MR) is 117 cm³/mol.